The summed E-state index contributed by atoms with van der Waals surface area (Å²) in [5.41, 5.74) is 16.6. The van der Waals surface area contributed by atoms with Crippen molar-refractivity contribution in [3.63, 3.8) is 0 Å². The van der Waals surface area contributed by atoms with E-state index in [-0.39, 0.29) is 5.41 Å². The number of hydrogen-bond donors (Lipinski definition) is 0. The van der Waals surface area contributed by atoms with E-state index in [1.165, 1.54) is 93.8 Å². The van der Waals surface area contributed by atoms with Gasteiger partial charge in [-0.1, -0.05) is 135 Å². The first-order valence-electron chi connectivity index (χ1n) is 18.8. The summed E-state index contributed by atoms with van der Waals surface area (Å²) < 4.78 is 4.99. The summed E-state index contributed by atoms with van der Waals surface area (Å²) in [6, 6.07) is 56.9. The van der Waals surface area contributed by atoms with Crippen LogP contribution in [-0.2, 0) is 5.41 Å². The number of hydrogen-bond acceptors (Lipinski definition) is 0. The van der Waals surface area contributed by atoms with Gasteiger partial charge >= 0.3 is 0 Å². The van der Waals surface area contributed by atoms with Gasteiger partial charge in [0.05, 0.1) is 17.1 Å². The second-order valence-corrected chi connectivity index (χ2v) is 15.3. The molecule has 2 heterocycles. The van der Waals surface area contributed by atoms with Crippen molar-refractivity contribution in [2.75, 3.05) is 0 Å². The molecule has 0 saturated carbocycles. The van der Waals surface area contributed by atoms with Gasteiger partial charge in [-0.25, -0.2) is 0 Å². The van der Waals surface area contributed by atoms with Gasteiger partial charge in [-0.05, 0) is 106 Å². The highest BCUT2D eigenvalue weighted by atomic mass is 15.0. The van der Waals surface area contributed by atoms with Crippen LogP contribution in [0.15, 0.2) is 176 Å². The average molecular weight is 679 g/mol. The van der Waals surface area contributed by atoms with E-state index in [1.807, 2.05) is 0 Å². The Bertz CT molecular complexity index is 2980. The molecule has 0 aliphatic heterocycles. The van der Waals surface area contributed by atoms with Crippen molar-refractivity contribution in [2.24, 2.45) is 0 Å². The second kappa shape index (κ2) is 11.3. The molecule has 0 N–H and O–H groups in total. The molecular formula is C51H38N2. The lowest BCUT2D eigenvalue weighted by atomic mass is 9.82. The maximum absolute atomic E-state index is 2.53. The van der Waals surface area contributed by atoms with Crippen molar-refractivity contribution in [1.29, 1.82) is 0 Å². The van der Waals surface area contributed by atoms with Crippen molar-refractivity contribution in [2.45, 2.75) is 31.7 Å². The van der Waals surface area contributed by atoms with E-state index < -0.39 is 0 Å². The molecule has 2 heteroatoms. The largest absolute Gasteiger partial charge is 0.333 e. The van der Waals surface area contributed by atoms with E-state index in [0.29, 0.717) is 6.04 Å². The first kappa shape index (κ1) is 30.3. The second-order valence-electron chi connectivity index (χ2n) is 15.3. The Morgan fingerprint density at radius 1 is 0.472 bits per heavy atom. The van der Waals surface area contributed by atoms with Crippen LogP contribution in [0.25, 0.3) is 82.7 Å². The number of rotatable bonds is 4. The maximum Gasteiger partial charge on any atom is 0.0560 e. The van der Waals surface area contributed by atoms with Gasteiger partial charge in [0.2, 0.25) is 0 Å². The Morgan fingerprint density at radius 3 is 1.85 bits per heavy atom. The van der Waals surface area contributed by atoms with Gasteiger partial charge in [0.1, 0.15) is 0 Å². The van der Waals surface area contributed by atoms with Crippen LogP contribution < -0.4 is 0 Å². The third-order valence-electron chi connectivity index (χ3n) is 12.0. The fraction of sp³-hybridized carbons (Fsp3) is 0.0980. The van der Waals surface area contributed by atoms with Gasteiger partial charge in [0.15, 0.2) is 0 Å². The van der Waals surface area contributed by atoms with E-state index in [4.69, 9.17) is 0 Å². The average Bonchev–Trinajstić information content (AvgIpc) is 3.80. The number of fused-ring (bicyclic) bond motifs is 9. The summed E-state index contributed by atoms with van der Waals surface area (Å²) in [5.74, 6) is 0. The van der Waals surface area contributed by atoms with Gasteiger partial charge in [-0.15, -0.1) is 0 Å². The highest BCUT2D eigenvalue weighted by Crippen LogP contribution is 2.51. The topological polar surface area (TPSA) is 9.86 Å². The predicted octanol–water partition coefficient (Wildman–Crippen LogP) is 13.6. The molecular weight excluding hydrogens is 641 g/mol. The Kier molecular flexibility index (Phi) is 6.46. The number of allylic oxidation sites excluding steroid dienone is 4. The fourth-order valence-corrected chi connectivity index (χ4v) is 9.40. The Balaban J connectivity index is 1.05. The SMILES string of the molecule is CC1(C)c2ccccc2-c2cc3c4ccccc4n(-c4ccc(-c5ccc6c(c5)c5cc(-c7ccccc7)ccc5n6C5C=CC=CC5)cc4)c3cc21. The van der Waals surface area contributed by atoms with Crippen molar-refractivity contribution in [3.8, 4) is 39.1 Å². The van der Waals surface area contributed by atoms with Gasteiger partial charge in [-0.2, -0.15) is 0 Å². The molecule has 0 bridgehead atoms. The van der Waals surface area contributed by atoms with Crippen molar-refractivity contribution in [3.05, 3.63) is 187 Å². The van der Waals surface area contributed by atoms with Crippen LogP contribution >= 0.6 is 0 Å². The lowest BCUT2D eigenvalue weighted by molar-refractivity contribution is 0.648. The Morgan fingerprint density at radius 2 is 1.11 bits per heavy atom. The Labute approximate surface area is 309 Å². The van der Waals surface area contributed by atoms with E-state index in [0.717, 1.165) is 6.42 Å². The van der Waals surface area contributed by atoms with Gasteiger partial charge in [0.25, 0.3) is 0 Å². The van der Waals surface area contributed by atoms with Crippen LogP contribution in [0.2, 0.25) is 0 Å². The predicted molar refractivity (Wildman–Crippen MR) is 224 cm³/mol. The molecule has 0 fully saturated rings. The van der Waals surface area contributed by atoms with Crippen molar-refractivity contribution < 1.29 is 0 Å². The van der Waals surface area contributed by atoms with Crippen molar-refractivity contribution >= 4 is 43.6 Å². The summed E-state index contributed by atoms with van der Waals surface area (Å²) in [7, 11) is 0. The number of benzene rings is 7. The molecule has 11 rings (SSSR count). The zero-order valence-corrected chi connectivity index (χ0v) is 29.9. The summed E-state index contributed by atoms with van der Waals surface area (Å²) in [6.07, 6.45) is 9.95. The lowest BCUT2D eigenvalue weighted by Crippen LogP contribution is -2.14. The maximum atomic E-state index is 2.53. The molecule has 1 atom stereocenters. The molecule has 0 amide bonds. The number of aromatic nitrogens is 2. The highest BCUT2D eigenvalue weighted by molar-refractivity contribution is 6.12. The molecule has 2 aliphatic carbocycles. The Hall–Kier alpha value is -6.38. The summed E-state index contributed by atoms with van der Waals surface area (Å²) >= 11 is 0. The van der Waals surface area contributed by atoms with E-state index in [1.54, 1.807) is 0 Å². The molecule has 2 aromatic heterocycles. The molecule has 1 unspecified atom stereocenters. The molecule has 53 heavy (non-hydrogen) atoms. The number of nitrogens with zero attached hydrogens (tertiary/aromatic N) is 2. The van der Waals surface area contributed by atoms with Crippen LogP contribution in [0.1, 0.15) is 37.4 Å². The van der Waals surface area contributed by atoms with Crippen LogP contribution in [0, 0.1) is 0 Å². The summed E-state index contributed by atoms with van der Waals surface area (Å²) in [5, 5.41) is 5.18. The molecule has 2 nitrogen and oxygen atoms in total. The smallest absolute Gasteiger partial charge is 0.0560 e. The zero-order valence-electron chi connectivity index (χ0n) is 29.9. The van der Waals surface area contributed by atoms with Gasteiger partial charge in [-0.3, -0.25) is 0 Å². The third-order valence-corrected chi connectivity index (χ3v) is 12.0. The van der Waals surface area contributed by atoms with Crippen LogP contribution in [0.4, 0.5) is 0 Å². The minimum Gasteiger partial charge on any atom is -0.333 e. The first-order chi connectivity index (χ1) is 26.0. The highest BCUT2D eigenvalue weighted by Gasteiger charge is 2.36. The molecule has 2 aliphatic rings. The van der Waals surface area contributed by atoms with Gasteiger partial charge in [0, 0.05) is 43.7 Å². The van der Waals surface area contributed by atoms with Crippen molar-refractivity contribution in [1.82, 2.24) is 9.13 Å². The quantitative estimate of drug-likeness (QED) is 0.175. The fourth-order valence-electron chi connectivity index (χ4n) is 9.40. The molecule has 252 valence electrons. The van der Waals surface area contributed by atoms with E-state index >= 15 is 0 Å². The summed E-state index contributed by atoms with van der Waals surface area (Å²) in [4.78, 5) is 0. The minimum atomic E-state index is -0.0567. The summed E-state index contributed by atoms with van der Waals surface area (Å²) in [6.45, 7) is 4.73. The van der Waals surface area contributed by atoms with Gasteiger partial charge < -0.3 is 9.13 Å². The van der Waals surface area contributed by atoms with Crippen LogP contribution in [-0.4, -0.2) is 9.13 Å². The third kappa shape index (κ3) is 4.45. The molecule has 0 radical (unpaired) electrons. The monoisotopic (exact) mass is 678 g/mol. The first-order valence-corrected chi connectivity index (χ1v) is 18.8. The van der Waals surface area contributed by atoms with Crippen LogP contribution in [0.5, 0.6) is 0 Å². The molecule has 0 spiro atoms. The minimum absolute atomic E-state index is 0.0567. The van der Waals surface area contributed by atoms with E-state index in [9.17, 15) is 0 Å². The normalized spacial score (nSPS) is 15.8. The zero-order chi connectivity index (χ0) is 35.3. The van der Waals surface area contributed by atoms with Crippen LogP contribution in [0.3, 0.4) is 0 Å². The molecule has 0 saturated heterocycles. The van der Waals surface area contributed by atoms with E-state index in [2.05, 4.69) is 199 Å². The molecule has 7 aromatic carbocycles. The molecule has 9 aromatic rings. The standard InChI is InChI=1S/C51H38N2/c1-51(2)45-19-11-9-17-39(45)41-31-44-40-18-10-12-20-47(40)53(50(44)32-46(41)51)38-25-21-34(22-26-38)36-24-28-49-43(30-36)42-29-35(33-13-5-3-6-14-33)23-27-48(42)52(49)37-15-7-4-8-16-37/h3-15,17-32,37H,16H2,1-2H3. The lowest BCUT2D eigenvalue weighted by Gasteiger charge is -2.21. The number of para-hydroxylation sites is 1.